The molecule has 0 bridgehead atoms. The minimum absolute atomic E-state index is 0.0273. The Kier molecular flexibility index (Phi) is 6.72. The summed E-state index contributed by atoms with van der Waals surface area (Å²) < 4.78 is 80.9. The number of aromatic nitrogens is 2. The van der Waals surface area contributed by atoms with Gasteiger partial charge in [0.05, 0.1) is 27.6 Å². The largest absolute Gasteiger partial charge is 0.416 e. The molecule has 2 aromatic heterocycles. The van der Waals surface area contributed by atoms with E-state index in [0.717, 1.165) is 4.40 Å². The summed E-state index contributed by atoms with van der Waals surface area (Å²) in [5.74, 6) is -0.452. The van der Waals surface area contributed by atoms with Gasteiger partial charge in [0, 0.05) is 19.3 Å². The fourth-order valence-electron chi connectivity index (χ4n) is 3.79. The second-order valence-corrected chi connectivity index (χ2v) is 8.62. The molecule has 2 aromatic carbocycles. The van der Waals surface area contributed by atoms with Crippen molar-refractivity contribution in [3.05, 3.63) is 81.8 Å². The van der Waals surface area contributed by atoms with Gasteiger partial charge in [-0.3, -0.25) is 14.0 Å². The number of halogens is 6. The molecule has 0 fully saturated rings. The SMILES string of the molecule is CN(C)CCNC(=O)c1cccn2c(=O)c3cc(-c4cc(C(F)(F)F)cc(C(F)(F)F)c4)ccc3nc12. The Hall–Kier alpha value is -3.93. The molecule has 0 aliphatic carbocycles. The summed E-state index contributed by atoms with van der Waals surface area (Å²) in [4.78, 5) is 32.2. The van der Waals surface area contributed by atoms with E-state index >= 15 is 0 Å². The lowest BCUT2D eigenvalue weighted by atomic mass is 9.98. The quantitative estimate of drug-likeness (QED) is 0.301. The van der Waals surface area contributed by atoms with E-state index in [-0.39, 0.29) is 39.3 Å². The van der Waals surface area contributed by atoms with Crippen molar-refractivity contribution in [2.75, 3.05) is 27.2 Å². The van der Waals surface area contributed by atoms with Crippen molar-refractivity contribution in [1.29, 1.82) is 0 Å². The first-order valence-electron chi connectivity index (χ1n) is 10.9. The number of pyridine rings is 1. The zero-order valence-electron chi connectivity index (χ0n) is 19.5. The van der Waals surface area contributed by atoms with Crippen LogP contribution in [-0.4, -0.2) is 47.4 Å². The molecule has 0 aliphatic rings. The molecule has 0 unspecified atom stereocenters. The molecular weight excluding hydrogens is 502 g/mol. The summed E-state index contributed by atoms with van der Waals surface area (Å²) in [5, 5.41) is 2.70. The molecule has 1 amide bonds. The fraction of sp³-hybridized carbons (Fsp3) is 0.240. The Bertz CT molecular complexity index is 1530. The van der Waals surface area contributed by atoms with Crippen molar-refractivity contribution in [2.45, 2.75) is 12.4 Å². The Balaban J connectivity index is 1.84. The molecule has 0 saturated carbocycles. The number of fused-ring (bicyclic) bond motifs is 2. The van der Waals surface area contributed by atoms with Crippen LogP contribution < -0.4 is 10.9 Å². The number of likely N-dealkylation sites (N-methyl/N-ethyl adjacent to an activating group) is 1. The number of nitrogens with one attached hydrogen (secondary N) is 1. The predicted octanol–water partition coefficient (Wildman–Crippen LogP) is 4.84. The maximum absolute atomic E-state index is 13.3. The van der Waals surface area contributed by atoms with Gasteiger partial charge >= 0.3 is 12.4 Å². The van der Waals surface area contributed by atoms with Gasteiger partial charge in [0.15, 0.2) is 5.65 Å². The molecule has 2 heterocycles. The highest BCUT2D eigenvalue weighted by Gasteiger charge is 2.37. The highest BCUT2D eigenvalue weighted by molar-refractivity contribution is 6.00. The van der Waals surface area contributed by atoms with Crippen LogP contribution in [0, 0.1) is 0 Å². The molecule has 12 heteroatoms. The van der Waals surface area contributed by atoms with Crippen molar-refractivity contribution >= 4 is 22.5 Å². The van der Waals surface area contributed by atoms with Gasteiger partial charge in [-0.15, -0.1) is 0 Å². The van der Waals surface area contributed by atoms with E-state index in [0.29, 0.717) is 25.2 Å². The van der Waals surface area contributed by atoms with Crippen molar-refractivity contribution < 1.29 is 31.1 Å². The zero-order chi connectivity index (χ0) is 27.1. The highest BCUT2D eigenvalue weighted by Crippen LogP contribution is 2.39. The summed E-state index contributed by atoms with van der Waals surface area (Å²) in [7, 11) is 3.68. The first-order valence-corrected chi connectivity index (χ1v) is 10.9. The summed E-state index contributed by atoms with van der Waals surface area (Å²) >= 11 is 0. The van der Waals surface area contributed by atoms with E-state index in [9.17, 15) is 35.9 Å². The fourth-order valence-corrected chi connectivity index (χ4v) is 3.79. The van der Waals surface area contributed by atoms with Gasteiger partial charge in [-0.05, 0) is 67.7 Å². The van der Waals surface area contributed by atoms with Crippen LogP contribution in [0.5, 0.6) is 0 Å². The highest BCUT2D eigenvalue weighted by atomic mass is 19.4. The number of alkyl halides is 6. The van der Waals surface area contributed by atoms with Crippen LogP contribution in [0.4, 0.5) is 26.3 Å². The van der Waals surface area contributed by atoms with Crippen LogP contribution in [0.2, 0.25) is 0 Å². The monoisotopic (exact) mass is 522 g/mol. The number of carbonyl (C=O) groups excluding carboxylic acids is 1. The third kappa shape index (κ3) is 5.43. The zero-order valence-corrected chi connectivity index (χ0v) is 19.5. The first kappa shape index (κ1) is 26.1. The maximum atomic E-state index is 13.3. The number of carbonyl (C=O) groups is 1. The lowest BCUT2D eigenvalue weighted by molar-refractivity contribution is -0.143. The molecular formula is C25H20F6N4O2. The van der Waals surface area contributed by atoms with Gasteiger partial charge in [0.2, 0.25) is 0 Å². The Morgan fingerprint density at radius 1 is 0.946 bits per heavy atom. The molecule has 194 valence electrons. The minimum Gasteiger partial charge on any atom is -0.351 e. The van der Waals surface area contributed by atoms with E-state index in [2.05, 4.69) is 10.3 Å². The molecule has 4 aromatic rings. The maximum Gasteiger partial charge on any atom is 0.416 e. The Morgan fingerprint density at radius 2 is 1.59 bits per heavy atom. The standard InChI is InChI=1S/C25H20F6N4O2/c1-34(2)9-7-32-22(36)18-4-3-8-35-21(18)33-20-6-5-14(12-19(20)23(35)37)15-10-16(24(26,27)28)13-17(11-15)25(29,30)31/h3-6,8,10-13H,7,9H2,1-2H3,(H,32,36). The summed E-state index contributed by atoms with van der Waals surface area (Å²) in [6.45, 7) is 0.937. The lowest BCUT2D eigenvalue weighted by Gasteiger charge is -2.15. The van der Waals surface area contributed by atoms with E-state index in [1.165, 1.54) is 36.5 Å². The van der Waals surface area contributed by atoms with Crippen LogP contribution in [0.15, 0.2) is 59.5 Å². The van der Waals surface area contributed by atoms with Gasteiger partial charge < -0.3 is 10.2 Å². The molecule has 0 atom stereocenters. The van der Waals surface area contributed by atoms with Crippen LogP contribution in [0.25, 0.3) is 27.7 Å². The molecule has 1 N–H and O–H groups in total. The lowest BCUT2D eigenvalue weighted by Crippen LogP contribution is -2.32. The van der Waals surface area contributed by atoms with Crippen molar-refractivity contribution in [3.8, 4) is 11.1 Å². The van der Waals surface area contributed by atoms with Gasteiger partial charge in [0.25, 0.3) is 11.5 Å². The third-order valence-electron chi connectivity index (χ3n) is 5.65. The molecule has 37 heavy (non-hydrogen) atoms. The van der Waals surface area contributed by atoms with Crippen LogP contribution in [-0.2, 0) is 12.4 Å². The number of amides is 1. The second-order valence-electron chi connectivity index (χ2n) is 8.62. The van der Waals surface area contributed by atoms with Gasteiger partial charge in [-0.1, -0.05) is 6.07 Å². The van der Waals surface area contributed by atoms with Gasteiger partial charge in [-0.2, -0.15) is 26.3 Å². The number of nitrogens with zero attached hydrogens (tertiary/aromatic N) is 3. The van der Waals surface area contributed by atoms with E-state index < -0.39 is 34.9 Å². The minimum atomic E-state index is -5.01. The summed E-state index contributed by atoms with van der Waals surface area (Å²) in [6.07, 6.45) is -8.64. The number of rotatable bonds is 5. The normalized spacial score (nSPS) is 12.5. The van der Waals surface area contributed by atoms with E-state index in [1.807, 2.05) is 19.0 Å². The number of hydrogen-bond acceptors (Lipinski definition) is 4. The summed E-state index contributed by atoms with van der Waals surface area (Å²) in [5.41, 5.74) is -3.61. The van der Waals surface area contributed by atoms with E-state index in [4.69, 9.17) is 0 Å². The van der Waals surface area contributed by atoms with Crippen LogP contribution in [0.3, 0.4) is 0 Å². The molecule has 0 aliphatic heterocycles. The molecule has 0 radical (unpaired) electrons. The second kappa shape index (κ2) is 9.51. The van der Waals surface area contributed by atoms with Crippen molar-refractivity contribution in [3.63, 3.8) is 0 Å². The number of hydrogen-bond donors (Lipinski definition) is 1. The topological polar surface area (TPSA) is 66.7 Å². The van der Waals surface area contributed by atoms with Crippen LogP contribution in [0.1, 0.15) is 21.5 Å². The summed E-state index contributed by atoms with van der Waals surface area (Å²) in [6, 6.07) is 7.98. The molecule has 0 saturated heterocycles. The predicted molar refractivity (Wildman–Crippen MR) is 125 cm³/mol. The van der Waals surface area contributed by atoms with Crippen molar-refractivity contribution in [1.82, 2.24) is 19.6 Å². The first-order chi connectivity index (χ1) is 17.3. The van der Waals surface area contributed by atoms with Crippen LogP contribution >= 0.6 is 0 Å². The van der Waals surface area contributed by atoms with Gasteiger partial charge in [0.1, 0.15) is 0 Å². The average Bonchev–Trinajstić information content (AvgIpc) is 2.82. The smallest absolute Gasteiger partial charge is 0.351 e. The van der Waals surface area contributed by atoms with E-state index in [1.54, 1.807) is 0 Å². The van der Waals surface area contributed by atoms with Crippen molar-refractivity contribution in [2.24, 2.45) is 0 Å². The van der Waals surface area contributed by atoms with Gasteiger partial charge in [-0.25, -0.2) is 4.98 Å². The Labute approximate surface area is 206 Å². The molecule has 4 rings (SSSR count). The number of benzene rings is 2. The Morgan fingerprint density at radius 3 is 2.19 bits per heavy atom. The average molecular weight is 522 g/mol. The molecule has 6 nitrogen and oxygen atoms in total. The third-order valence-corrected chi connectivity index (χ3v) is 5.65. The molecule has 0 spiro atoms.